The Morgan fingerprint density at radius 1 is 1.33 bits per heavy atom. The Balaban J connectivity index is 2.02. The molecule has 0 aromatic carbocycles. The molecule has 3 rings (SSSR count). The summed E-state index contributed by atoms with van der Waals surface area (Å²) in [5.41, 5.74) is -0.170. The highest BCUT2D eigenvalue weighted by molar-refractivity contribution is 6.03. The van der Waals surface area contributed by atoms with Crippen LogP contribution >= 0.6 is 0 Å². The summed E-state index contributed by atoms with van der Waals surface area (Å²) in [5.74, 6) is 0.0852. The molecule has 1 fully saturated rings. The summed E-state index contributed by atoms with van der Waals surface area (Å²) in [7, 11) is 0. The Labute approximate surface area is 118 Å². The van der Waals surface area contributed by atoms with E-state index in [1.165, 1.54) is 19.2 Å². The minimum Gasteiger partial charge on any atom is -0.355 e. The van der Waals surface area contributed by atoms with E-state index in [-0.39, 0.29) is 23.2 Å². The number of pyridine rings is 1. The number of aryl methyl sites for hydroxylation is 1. The van der Waals surface area contributed by atoms with Gasteiger partial charge in [-0.1, -0.05) is 5.16 Å². The van der Waals surface area contributed by atoms with Crippen LogP contribution in [0.5, 0.6) is 0 Å². The van der Waals surface area contributed by atoms with Crippen LogP contribution in [-0.2, 0) is 6.18 Å². The Hall–Kier alpha value is -2.18. The van der Waals surface area contributed by atoms with E-state index < -0.39 is 11.9 Å². The predicted molar refractivity (Wildman–Crippen MR) is 66.5 cm³/mol. The lowest BCUT2D eigenvalue weighted by Crippen LogP contribution is -2.09. The number of ketones is 1. The SMILES string of the molecule is Cc1nc(C(F)(F)F)ccc1-c1oncc1C(=O)C1CC1. The van der Waals surface area contributed by atoms with Gasteiger partial charge in [0.15, 0.2) is 11.5 Å². The fourth-order valence-corrected chi connectivity index (χ4v) is 2.13. The van der Waals surface area contributed by atoms with Crippen molar-refractivity contribution >= 4 is 5.78 Å². The summed E-state index contributed by atoms with van der Waals surface area (Å²) >= 11 is 0. The van der Waals surface area contributed by atoms with Gasteiger partial charge in [-0.3, -0.25) is 4.79 Å². The van der Waals surface area contributed by atoms with Crippen LogP contribution in [0.2, 0.25) is 0 Å². The van der Waals surface area contributed by atoms with Crippen LogP contribution in [0.4, 0.5) is 13.2 Å². The number of carbonyl (C=O) groups is 1. The molecule has 2 aromatic rings. The third-order valence-corrected chi connectivity index (χ3v) is 3.40. The normalized spacial score (nSPS) is 15.2. The number of hydrogen-bond acceptors (Lipinski definition) is 4. The Morgan fingerprint density at radius 2 is 2.05 bits per heavy atom. The second-order valence-electron chi connectivity index (χ2n) is 5.03. The standard InChI is InChI=1S/C14H11F3N2O2/c1-7-9(4-5-11(19-7)14(15,16)17)13-10(6-18-21-13)12(20)8-2-3-8/h4-6,8H,2-3H2,1H3. The molecular weight excluding hydrogens is 285 g/mol. The summed E-state index contributed by atoms with van der Waals surface area (Å²) in [5, 5.41) is 3.60. The average Bonchev–Trinajstić information content (AvgIpc) is 3.15. The van der Waals surface area contributed by atoms with E-state index in [4.69, 9.17) is 4.52 Å². The molecule has 1 aliphatic carbocycles. The van der Waals surface area contributed by atoms with Gasteiger partial charge in [0.1, 0.15) is 5.69 Å². The second-order valence-corrected chi connectivity index (χ2v) is 5.03. The van der Waals surface area contributed by atoms with Crippen LogP contribution in [0.15, 0.2) is 22.9 Å². The number of halogens is 3. The van der Waals surface area contributed by atoms with E-state index in [0.717, 1.165) is 18.9 Å². The van der Waals surface area contributed by atoms with Crippen molar-refractivity contribution in [3.63, 3.8) is 0 Å². The van der Waals surface area contributed by atoms with Gasteiger partial charge in [-0.2, -0.15) is 13.2 Å². The minimum absolute atomic E-state index is 0.0223. The summed E-state index contributed by atoms with van der Waals surface area (Å²) in [6.45, 7) is 1.44. The summed E-state index contributed by atoms with van der Waals surface area (Å²) < 4.78 is 42.9. The Kier molecular flexibility index (Phi) is 3.07. The first-order chi connectivity index (χ1) is 9.88. The third kappa shape index (κ3) is 2.55. The summed E-state index contributed by atoms with van der Waals surface area (Å²) in [6, 6.07) is 2.13. The number of carbonyl (C=O) groups excluding carboxylic acids is 1. The molecule has 4 nitrogen and oxygen atoms in total. The maximum atomic E-state index is 12.6. The molecule has 21 heavy (non-hydrogen) atoms. The van der Waals surface area contributed by atoms with Gasteiger partial charge in [-0.05, 0) is 31.9 Å². The molecule has 7 heteroatoms. The van der Waals surface area contributed by atoms with E-state index in [1.807, 2.05) is 0 Å². The van der Waals surface area contributed by atoms with E-state index in [9.17, 15) is 18.0 Å². The maximum Gasteiger partial charge on any atom is 0.433 e. The number of alkyl halides is 3. The van der Waals surface area contributed by atoms with Gasteiger partial charge >= 0.3 is 6.18 Å². The van der Waals surface area contributed by atoms with Gasteiger partial charge in [0.05, 0.1) is 11.8 Å². The highest BCUT2D eigenvalue weighted by Crippen LogP contribution is 2.37. The fraction of sp³-hybridized carbons (Fsp3) is 0.357. The number of rotatable bonds is 3. The highest BCUT2D eigenvalue weighted by atomic mass is 19.4. The number of hydrogen-bond donors (Lipinski definition) is 0. The first kappa shape index (κ1) is 13.8. The lowest BCUT2D eigenvalue weighted by Gasteiger charge is -2.09. The van der Waals surface area contributed by atoms with Gasteiger partial charge in [0.25, 0.3) is 0 Å². The van der Waals surface area contributed by atoms with Gasteiger partial charge in [0, 0.05) is 17.2 Å². The molecule has 0 spiro atoms. The zero-order chi connectivity index (χ0) is 15.2. The zero-order valence-corrected chi connectivity index (χ0v) is 11.1. The molecule has 2 aromatic heterocycles. The quantitative estimate of drug-likeness (QED) is 0.811. The molecule has 1 saturated carbocycles. The van der Waals surface area contributed by atoms with Crippen molar-refractivity contribution in [3.8, 4) is 11.3 Å². The van der Waals surface area contributed by atoms with Crippen molar-refractivity contribution in [2.45, 2.75) is 25.9 Å². The van der Waals surface area contributed by atoms with Crippen molar-refractivity contribution < 1.29 is 22.5 Å². The number of nitrogens with zero attached hydrogens (tertiary/aromatic N) is 2. The van der Waals surface area contributed by atoms with Crippen molar-refractivity contribution in [2.75, 3.05) is 0 Å². The summed E-state index contributed by atoms with van der Waals surface area (Å²) in [6.07, 6.45) is -1.54. The van der Waals surface area contributed by atoms with E-state index >= 15 is 0 Å². The molecule has 1 aliphatic rings. The molecular formula is C14H11F3N2O2. The van der Waals surface area contributed by atoms with Gasteiger partial charge in [-0.15, -0.1) is 0 Å². The smallest absolute Gasteiger partial charge is 0.355 e. The highest BCUT2D eigenvalue weighted by Gasteiger charge is 2.35. The maximum absolute atomic E-state index is 12.6. The van der Waals surface area contributed by atoms with Crippen molar-refractivity contribution in [1.82, 2.24) is 10.1 Å². The van der Waals surface area contributed by atoms with Gasteiger partial charge in [-0.25, -0.2) is 4.98 Å². The molecule has 0 radical (unpaired) electrons. The fourth-order valence-electron chi connectivity index (χ4n) is 2.13. The van der Waals surface area contributed by atoms with Crippen LogP contribution in [0.3, 0.4) is 0 Å². The zero-order valence-electron chi connectivity index (χ0n) is 11.1. The molecule has 0 bridgehead atoms. The first-order valence-electron chi connectivity index (χ1n) is 6.42. The van der Waals surface area contributed by atoms with Crippen molar-refractivity contribution in [3.05, 3.63) is 35.3 Å². The minimum atomic E-state index is -4.50. The molecule has 2 heterocycles. The van der Waals surface area contributed by atoms with Gasteiger partial charge in [0.2, 0.25) is 0 Å². The van der Waals surface area contributed by atoms with Gasteiger partial charge < -0.3 is 4.52 Å². The Bertz CT molecular complexity index is 702. The van der Waals surface area contributed by atoms with Crippen LogP contribution in [-0.4, -0.2) is 15.9 Å². The van der Waals surface area contributed by atoms with Crippen LogP contribution in [0, 0.1) is 12.8 Å². The number of aromatic nitrogens is 2. The molecule has 0 N–H and O–H groups in total. The molecule has 110 valence electrons. The van der Waals surface area contributed by atoms with Crippen LogP contribution < -0.4 is 0 Å². The lowest BCUT2D eigenvalue weighted by molar-refractivity contribution is -0.141. The van der Waals surface area contributed by atoms with E-state index in [2.05, 4.69) is 10.1 Å². The molecule has 0 amide bonds. The average molecular weight is 296 g/mol. The third-order valence-electron chi connectivity index (χ3n) is 3.40. The topological polar surface area (TPSA) is 56.0 Å². The van der Waals surface area contributed by atoms with Crippen molar-refractivity contribution in [2.24, 2.45) is 5.92 Å². The second kappa shape index (κ2) is 4.68. The monoisotopic (exact) mass is 296 g/mol. The predicted octanol–water partition coefficient (Wildman–Crippen LogP) is 3.66. The lowest BCUT2D eigenvalue weighted by atomic mass is 10.0. The first-order valence-corrected chi connectivity index (χ1v) is 6.42. The molecule has 0 saturated heterocycles. The van der Waals surface area contributed by atoms with Crippen LogP contribution in [0.1, 0.15) is 34.6 Å². The van der Waals surface area contributed by atoms with E-state index in [0.29, 0.717) is 11.1 Å². The molecule has 0 unspecified atom stereocenters. The van der Waals surface area contributed by atoms with E-state index in [1.54, 1.807) is 0 Å². The molecule has 0 atom stereocenters. The largest absolute Gasteiger partial charge is 0.433 e. The van der Waals surface area contributed by atoms with Crippen molar-refractivity contribution in [1.29, 1.82) is 0 Å². The molecule has 0 aliphatic heterocycles. The Morgan fingerprint density at radius 3 is 2.62 bits per heavy atom. The number of Topliss-reactive ketones (excluding diaryl/α,β-unsaturated/α-hetero) is 1. The van der Waals surface area contributed by atoms with Crippen LogP contribution in [0.25, 0.3) is 11.3 Å². The summed E-state index contributed by atoms with van der Waals surface area (Å²) in [4.78, 5) is 15.6.